The highest BCUT2D eigenvalue weighted by molar-refractivity contribution is 7.20. The maximum absolute atomic E-state index is 4.65. The number of hydrogen-bond donors (Lipinski definition) is 0. The van der Waals surface area contributed by atoms with Gasteiger partial charge in [0.25, 0.3) is 0 Å². The van der Waals surface area contributed by atoms with Crippen LogP contribution in [0.2, 0.25) is 0 Å². The fourth-order valence-electron chi connectivity index (χ4n) is 2.36. The van der Waals surface area contributed by atoms with Crippen LogP contribution in [0.3, 0.4) is 0 Å². The Morgan fingerprint density at radius 1 is 1.15 bits per heavy atom. The molecule has 0 aliphatic heterocycles. The number of nitrogens with zero attached hydrogens (tertiary/aromatic N) is 3. The molecule has 0 radical (unpaired) electrons. The molecule has 0 saturated heterocycles. The number of fused-ring (bicyclic) bond motifs is 3. The van der Waals surface area contributed by atoms with Crippen LogP contribution in [0.15, 0.2) is 48.8 Å². The smallest absolute Gasteiger partial charge is 0.195 e. The third kappa shape index (κ3) is 1.72. The molecule has 0 saturated carbocycles. The molecule has 4 aromatic rings. The summed E-state index contributed by atoms with van der Waals surface area (Å²) in [5.41, 5.74) is 4.47. The van der Waals surface area contributed by atoms with Gasteiger partial charge in [-0.15, -0.1) is 0 Å². The van der Waals surface area contributed by atoms with Crippen molar-refractivity contribution in [3.05, 3.63) is 54.4 Å². The Morgan fingerprint density at radius 3 is 2.85 bits per heavy atom. The van der Waals surface area contributed by atoms with E-state index in [1.165, 1.54) is 5.56 Å². The van der Waals surface area contributed by atoms with Crippen LogP contribution in [-0.4, -0.2) is 14.4 Å². The average Bonchev–Trinajstić information content (AvgIpc) is 3.05. The highest BCUT2D eigenvalue weighted by Gasteiger charge is 2.10. The first-order chi connectivity index (χ1) is 9.85. The highest BCUT2D eigenvalue weighted by atomic mass is 32.1. The van der Waals surface area contributed by atoms with E-state index in [0.29, 0.717) is 0 Å². The van der Waals surface area contributed by atoms with Gasteiger partial charge in [-0.1, -0.05) is 36.5 Å². The second-order valence-electron chi connectivity index (χ2n) is 4.75. The molecule has 0 unspecified atom stereocenters. The van der Waals surface area contributed by atoms with E-state index in [1.807, 2.05) is 24.4 Å². The summed E-state index contributed by atoms with van der Waals surface area (Å²) in [6.07, 6.45) is 5.10. The van der Waals surface area contributed by atoms with Crippen molar-refractivity contribution in [3.8, 4) is 10.6 Å². The zero-order chi connectivity index (χ0) is 13.5. The van der Waals surface area contributed by atoms with Crippen molar-refractivity contribution in [1.82, 2.24) is 14.4 Å². The summed E-state index contributed by atoms with van der Waals surface area (Å²) in [6, 6.07) is 12.4. The monoisotopic (exact) mass is 279 g/mol. The van der Waals surface area contributed by atoms with Gasteiger partial charge in [-0.3, -0.25) is 9.38 Å². The van der Waals surface area contributed by atoms with Gasteiger partial charge >= 0.3 is 0 Å². The van der Waals surface area contributed by atoms with E-state index >= 15 is 0 Å². The molecule has 0 spiro atoms. The number of hydrogen-bond acceptors (Lipinski definition) is 3. The molecule has 0 atom stereocenters. The van der Waals surface area contributed by atoms with Gasteiger partial charge in [0, 0.05) is 12.4 Å². The summed E-state index contributed by atoms with van der Waals surface area (Å²) in [6.45, 7) is 2.14. The van der Waals surface area contributed by atoms with Gasteiger partial charge in [-0.2, -0.15) is 0 Å². The lowest BCUT2D eigenvalue weighted by Gasteiger charge is -1.98. The third-order valence-corrected chi connectivity index (χ3v) is 4.50. The molecule has 0 aliphatic carbocycles. The molecule has 0 bridgehead atoms. The summed E-state index contributed by atoms with van der Waals surface area (Å²) >= 11 is 1.68. The number of benzene rings is 1. The lowest BCUT2D eigenvalue weighted by atomic mass is 10.2. The number of aromatic nitrogens is 3. The Hall–Kier alpha value is -2.20. The number of pyridine rings is 1. The first-order valence-electron chi connectivity index (χ1n) is 6.67. The fraction of sp³-hybridized carbons (Fsp3) is 0.125. The van der Waals surface area contributed by atoms with Gasteiger partial charge < -0.3 is 0 Å². The van der Waals surface area contributed by atoms with Crippen LogP contribution in [-0.2, 0) is 6.42 Å². The largest absolute Gasteiger partial charge is 0.290 e. The Labute approximate surface area is 120 Å². The zero-order valence-electron chi connectivity index (χ0n) is 11.1. The standard InChI is InChI=1S/C16H13N3S/c1-2-11-7-8-13(17-9-11)15-10-19-14-6-4-3-5-12(14)18-16(19)20-15/h3-10H,2H2,1H3. The van der Waals surface area contributed by atoms with Gasteiger partial charge in [0.1, 0.15) is 0 Å². The van der Waals surface area contributed by atoms with Crippen molar-refractivity contribution in [2.75, 3.05) is 0 Å². The van der Waals surface area contributed by atoms with Gasteiger partial charge in [0.05, 0.1) is 21.6 Å². The first kappa shape index (κ1) is 11.6. The van der Waals surface area contributed by atoms with E-state index < -0.39 is 0 Å². The minimum atomic E-state index is 1.02. The van der Waals surface area contributed by atoms with Crippen molar-refractivity contribution in [1.29, 1.82) is 0 Å². The lowest BCUT2D eigenvalue weighted by Crippen LogP contribution is -1.84. The SMILES string of the molecule is CCc1ccc(-c2cn3c(nc4ccccc43)s2)nc1. The zero-order valence-corrected chi connectivity index (χ0v) is 11.9. The van der Waals surface area contributed by atoms with E-state index in [4.69, 9.17) is 0 Å². The van der Waals surface area contributed by atoms with Crippen molar-refractivity contribution < 1.29 is 0 Å². The molecular weight excluding hydrogens is 266 g/mol. The van der Waals surface area contributed by atoms with Gasteiger partial charge in [-0.25, -0.2) is 4.98 Å². The minimum absolute atomic E-state index is 1.02. The fourth-order valence-corrected chi connectivity index (χ4v) is 3.33. The number of imidazole rings is 1. The molecule has 1 aromatic carbocycles. The molecule has 0 fully saturated rings. The molecule has 0 N–H and O–H groups in total. The van der Waals surface area contributed by atoms with E-state index in [9.17, 15) is 0 Å². The van der Waals surface area contributed by atoms with Crippen LogP contribution < -0.4 is 0 Å². The summed E-state index contributed by atoms with van der Waals surface area (Å²) in [5, 5.41) is 0. The predicted molar refractivity (Wildman–Crippen MR) is 83.2 cm³/mol. The predicted octanol–water partition coefficient (Wildman–Crippen LogP) is 4.17. The van der Waals surface area contributed by atoms with E-state index in [-0.39, 0.29) is 0 Å². The second-order valence-corrected chi connectivity index (χ2v) is 5.76. The number of rotatable bonds is 2. The van der Waals surface area contributed by atoms with E-state index in [2.05, 4.69) is 45.7 Å². The maximum atomic E-state index is 4.65. The van der Waals surface area contributed by atoms with E-state index in [0.717, 1.165) is 33.0 Å². The average molecular weight is 279 g/mol. The summed E-state index contributed by atoms with van der Waals surface area (Å²) in [5.74, 6) is 0. The van der Waals surface area contributed by atoms with E-state index in [1.54, 1.807) is 11.3 Å². The molecule has 20 heavy (non-hydrogen) atoms. The normalized spacial score (nSPS) is 11.4. The summed E-state index contributed by atoms with van der Waals surface area (Å²) < 4.78 is 2.14. The minimum Gasteiger partial charge on any atom is -0.290 e. The highest BCUT2D eigenvalue weighted by Crippen LogP contribution is 2.29. The molecule has 4 heteroatoms. The molecule has 4 rings (SSSR count). The number of para-hydroxylation sites is 2. The van der Waals surface area contributed by atoms with Crippen molar-refractivity contribution in [3.63, 3.8) is 0 Å². The molecule has 0 amide bonds. The lowest BCUT2D eigenvalue weighted by molar-refractivity contribution is 1.11. The van der Waals surface area contributed by atoms with Crippen LogP contribution in [0.5, 0.6) is 0 Å². The first-order valence-corrected chi connectivity index (χ1v) is 7.49. The second kappa shape index (κ2) is 4.42. The van der Waals surface area contributed by atoms with Crippen LogP contribution in [0.25, 0.3) is 26.6 Å². The van der Waals surface area contributed by atoms with Crippen LogP contribution in [0.1, 0.15) is 12.5 Å². The molecular formula is C16H13N3S. The Kier molecular flexibility index (Phi) is 2.57. The van der Waals surface area contributed by atoms with Crippen LogP contribution >= 0.6 is 11.3 Å². The molecule has 3 aromatic heterocycles. The van der Waals surface area contributed by atoms with Gasteiger partial charge in [-0.05, 0) is 30.2 Å². The van der Waals surface area contributed by atoms with Crippen LogP contribution in [0.4, 0.5) is 0 Å². The Balaban J connectivity index is 1.87. The van der Waals surface area contributed by atoms with Crippen molar-refractivity contribution in [2.24, 2.45) is 0 Å². The molecule has 0 aliphatic rings. The summed E-state index contributed by atoms with van der Waals surface area (Å²) in [4.78, 5) is 11.4. The van der Waals surface area contributed by atoms with Gasteiger partial charge in [0.15, 0.2) is 4.96 Å². The number of thiazole rings is 1. The summed E-state index contributed by atoms with van der Waals surface area (Å²) in [7, 11) is 0. The topological polar surface area (TPSA) is 30.2 Å². The van der Waals surface area contributed by atoms with Crippen molar-refractivity contribution >= 4 is 27.3 Å². The van der Waals surface area contributed by atoms with Crippen LogP contribution in [0, 0.1) is 0 Å². The molecule has 3 heterocycles. The number of aryl methyl sites for hydroxylation is 1. The molecule has 3 nitrogen and oxygen atoms in total. The Bertz CT molecular complexity index is 887. The third-order valence-electron chi connectivity index (χ3n) is 3.50. The van der Waals surface area contributed by atoms with Gasteiger partial charge in [0.2, 0.25) is 0 Å². The maximum Gasteiger partial charge on any atom is 0.195 e. The Morgan fingerprint density at radius 2 is 2.05 bits per heavy atom. The quantitative estimate of drug-likeness (QED) is 0.551. The van der Waals surface area contributed by atoms with Crippen molar-refractivity contribution in [2.45, 2.75) is 13.3 Å². The molecule has 98 valence electrons.